The van der Waals surface area contributed by atoms with Crippen molar-refractivity contribution in [3.05, 3.63) is 57.5 Å². The minimum atomic E-state index is -0.433. The summed E-state index contributed by atoms with van der Waals surface area (Å²) in [5.41, 5.74) is 1.97. The molecule has 1 aromatic carbocycles. The van der Waals surface area contributed by atoms with Gasteiger partial charge in [-0.2, -0.15) is 0 Å². The van der Waals surface area contributed by atoms with Gasteiger partial charge in [0.1, 0.15) is 11.9 Å². The van der Waals surface area contributed by atoms with Crippen molar-refractivity contribution < 1.29 is 14.3 Å². The van der Waals surface area contributed by atoms with Gasteiger partial charge in [0.15, 0.2) is 0 Å². The van der Waals surface area contributed by atoms with Crippen LogP contribution in [0.25, 0.3) is 0 Å². The average molecular weight is 391 g/mol. The van der Waals surface area contributed by atoms with E-state index < -0.39 is 6.04 Å². The number of likely N-dealkylation sites (tertiary alicyclic amines) is 1. The third kappa shape index (κ3) is 4.94. The van der Waals surface area contributed by atoms with Crippen molar-refractivity contribution in [3.8, 4) is 0 Å². The Balaban J connectivity index is 1.88. The Morgan fingerprint density at radius 2 is 1.93 bits per heavy atom. The van der Waals surface area contributed by atoms with Crippen molar-refractivity contribution in [2.75, 3.05) is 26.2 Å². The first-order valence-electron chi connectivity index (χ1n) is 9.52. The number of aryl methyl sites for hydroxylation is 1. The fraction of sp³-hybridized carbons (Fsp3) is 0.476. The molecule has 4 nitrogen and oxygen atoms in total. The summed E-state index contributed by atoms with van der Waals surface area (Å²) in [5, 5.41) is 11.6. The largest absolute Gasteiger partial charge is 0.395 e. The minimum Gasteiger partial charge on any atom is -0.395 e. The molecule has 1 aromatic heterocycles. The first kappa shape index (κ1) is 20.0. The first-order chi connectivity index (χ1) is 13.1. The van der Waals surface area contributed by atoms with Crippen LogP contribution in [-0.4, -0.2) is 47.1 Å². The Kier molecular flexibility index (Phi) is 6.99. The van der Waals surface area contributed by atoms with Gasteiger partial charge in [-0.1, -0.05) is 18.6 Å². The van der Waals surface area contributed by atoms with Crippen molar-refractivity contribution in [1.82, 2.24) is 9.80 Å². The highest BCUT2D eigenvalue weighted by atomic mass is 32.1. The summed E-state index contributed by atoms with van der Waals surface area (Å²) >= 11 is 1.63. The Labute approximate surface area is 164 Å². The number of carbonyl (C=O) groups is 1. The number of benzene rings is 1. The molecule has 1 saturated heterocycles. The van der Waals surface area contributed by atoms with Crippen LogP contribution in [0.3, 0.4) is 0 Å². The molecule has 1 fully saturated rings. The van der Waals surface area contributed by atoms with E-state index in [0.717, 1.165) is 41.9 Å². The molecule has 1 atom stereocenters. The second-order valence-corrected chi connectivity index (χ2v) is 8.06. The lowest BCUT2D eigenvalue weighted by molar-refractivity contribution is -0.139. The zero-order valence-electron chi connectivity index (χ0n) is 15.7. The molecule has 0 spiro atoms. The summed E-state index contributed by atoms with van der Waals surface area (Å²) in [4.78, 5) is 18.6. The molecule has 1 aliphatic rings. The molecule has 2 heterocycles. The second kappa shape index (κ2) is 9.44. The van der Waals surface area contributed by atoms with Crippen molar-refractivity contribution in [2.45, 2.75) is 38.8 Å². The zero-order chi connectivity index (χ0) is 19.2. The summed E-state index contributed by atoms with van der Waals surface area (Å²) in [7, 11) is 0. The molecule has 6 heteroatoms. The van der Waals surface area contributed by atoms with E-state index in [-0.39, 0.29) is 18.3 Å². The van der Waals surface area contributed by atoms with Crippen molar-refractivity contribution in [3.63, 3.8) is 0 Å². The number of rotatable bonds is 7. The summed E-state index contributed by atoms with van der Waals surface area (Å²) < 4.78 is 13.4. The van der Waals surface area contributed by atoms with E-state index in [1.54, 1.807) is 28.4 Å². The maximum atomic E-state index is 13.5. The summed E-state index contributed by atoms with van der Waals surface area (Å²) in [6.07, 6.45) is 3.31. The van der Waals surface area contributed by atoms with E-state index in [4.69, 9.17) is 0 Å². The van der Waals surface area contributed by atoms with Crippen LogP contribution >= 0.6 is 11.3 Å². The van der Waals surface area contributed by atoms with Gasteiger partial charge >= 0.3 is 0 Å². The van der Waals surface area contributed by atoms with Gasteiger partial charge in [0.25, 0.3) is 0 Å². The van der Waals surface area contributed by atoms with Gasteiger partial charge in [-0.05, 0) is 67.6 Å². The highest BCUT2D eigenvalue weighted by Gasteiger charge is 2.32. The normalized spacial score (nSPS) is 16.3. The smallest absolute Gasteiger partial charge is 0.244 e. The van der Waals surface area contributed by atoms with E-state index in [9.17, 15) is 14.3 Å². The number of hydrogen-bond acceptors (Lipinski definition) is 4. The molecule has 0 aliphatic carbocycles. The lowest BCUT2D eigenvalue weighted by atomic mass is 10.00. The quantitative estimate of drug-likeness (QED) is 0.783. The molecule has 1 unspecified atom stereocenters. The van der Waals surface area contributed by atoms with Crippen LogP contribution in [0.1, 0.15) is 41.3 Å². The molecule has 3 rings (SSSR count). The maximum absolute atomic E-state index is 13.5. The van der Waals surface area contributed by atoms with Crippen LogP contribution in [0, 0.1) is 12.7 Å². The molecule has 1 aliphatic heterocycles. The third-order valence-electron chi connectivity index (χ3n) is 5.16. The predicted octanol–water partition coefficient (Wildman–Crippen LogP) is 3.74. The van der Waals surface area contributed by atoms with Crippen molar-refractivity contribution in [1.29, 1.82) is 0 Å². The molecule has 1 N–H and O–H groups in total. The van der Waals surface area contributed by atoms with Crippen LogP contribution in [0.4, 0.5) is 4.39 Å². The number of hydrogen-bond donors (Lipinski definition) is 1. The summed E-state index contributed by atoms with van der Waals surface area (Å²) in [6, 6.07) is 7.86. The Morgan fingerprint density at radius 1 is 1.22 bits per heavy atom. The number of aliphatic hydroxyl groups excluding tert-OH is 1. The van der Waals surface area contributed by atoms with E-state index in [2.05, 4.69) is 4.90 Å². The van der Waals surface area contributed by atoms with E-state index in [1.165, 1.54) is 18.6 Å². The molecule has 2 aromatic rings. The maximum Gasteiger partial charge on any atom is 0.244 e. The molecule has 0 bridgehead atoms. The van der Waals surface area contributed by atoms with Gasteiger partial charge in [0.2, 0.25) is 5.91 Å². The van der Waals surface area contributed by atoms with E-state index in [1.807, 2.05) is 18.4 Å². The number of aliphatic hydroxyl groups is 1. The van der Waals surface area contributed by atoms with Gasteiger partial charge < -0.3 is 10.0 Å². The topological polar surface area (TPSA) is 43.8 Å². The standard InChI is InChI=1S/C21H27FN2O2S/c1-16-9-14-27-19(16)15-24(12-13-25)21(26)20(23-10-3-2-4-11-23)17-5-7-18(22)8-6-17/h5-9,14,20,25H,2-4,10-13,15H2,1H3. The highest BCUT2D eigenvalue weighted by molar-refractivity contribution is 7.10. The molecular weight excluding hydrogens is 363 g/mol. The van der Waals surface area contributed by atoms with Gasteiger partial charge in [-0.25, -0.2) is 4.39 Å². The monoisotopic (exact) mass is 390 g/mol. The average Bonchev–Trinajstić information content (AvgIpc) is 3.08. The van der Waals surface area contributed by atoms with Crippen LogP contribution in [0.15, 0.2) is 35.7 Å². The zero-order valence-corrected chi connectivity index (χ0v) is 16.6. The van der Waals surface area contributed by atoms with Crippen LogP contribution in [-0.2, 0) is 11.3 Å². The minimum absolute atomic E-state index is 0.0228. The molecule has 146 valence electrons. The predicted molar refractivity (Wildman–Crippen MR) is 106 cm³/mol. The number of piperidine rings is 1. The van der Waals surface area contributed by atoms with Gasteiger partial charge in [-0.3, -0.25) is 9.69 Å². The first-order valence-corrected chi connectivity index (χ1v) is 10.4. The Bertz CT molecular complexity index is 741. The number of nitrogens with zero attached hydrogens (tertiary/aromatic N) is 2. The van der Waals surface area contributed by atoms with Crippen molar-refractivity contribution >= 4 is 17.2 Å². The lowest BCUT2D eigenvalue weighted by Gasteiger charge is -2.37. The molecule has 0 saturated carbocycles. The van der Waals surface area contributed by atoms with Crippen LogP contribution in [0.5, 0.6) is 0 Å². The highest BCUT2D eigenvalue weighted by Crippen LogP contribution is 2.28. The fourth-order valence-corrected chi connectivity index (χ4v) is 4.55. The number of halogens is 1. The number of thiophene rings is 1. The van der Waals surface area contributed by atoms with Crippen molar-refractivity contribution in [2.24, 2.45) is 0 Å². The lowest BCUT2D eigenvalue weighted by Crippen LogP contribution is -2.45. The summed E-state index contributed by atoms with van der Waals surface area (Å²) in [6.45, 7) is 4.47. The molecule has 0 radical (unpaired) electrons. The van der Waals surface area contributed by atoms with Gasteiger partial charge in [0, 0.05) is 11.4 Å². The van der Waals surface area contributed by atoms with Crippen LogP contribution in [0.2, 0.25) is 0 Å². The molecule has 1 amide bonds. The second-order valence-electron chi connectivity index (χ2n) is 7.06. The third-order valence-corrected chi connectivity index (χ3v) is 6.17. The summed E-state index contributed by atoms with van der Waals surface area (Å²) in [5.74, 6) is -0.324. The Hall–Kier alpha value is -1.76. The molecular formula is C21H27FN2O2S. The Morgan fingerprint density at radius 3 is 2.52 bits per heavy atom. The van der Waals surface area contributed by atoms with E-state index >= 15 is 0 Å². The number of carbonyl (C=O) groups excluding carboxylic acids is 1. The van der Waals surface area contributed by atoms with E-state index in [0.29, 0.717) is 13.1 Å². The van der Waals surface area contributed by atoms with Gasteiger partial charge in [0.05, 0.1) is 13.2 Å². The number of amides is 1. The van der Waals surface area contributed by atoms with Crippen LogP contribution < -0.4 is 0 Å². The molecule has 27 heavy (non-hydrogen) atoms. The SMILES string of the molecule is Cc1ccsc1CN(CCO)C(=O)C(c1ccc(F)cc1)N1CCCCC1. The van der Waals surface area contributed by atoms with Gasteiger partial charge in [-0.15, -0.1) is 11.3 Å². The fourth-order valence-electron chi connectivity index (χ4n) is 3.63.